The number of hydrogen-bond donors (Lipinski definition) is 1. The van der Waals surface area contributed by atoms with Crippen molar-refractivity contribution in [3.63, 3.8) is 0 Å². The summed E-state index contributed by atoms with van der Waals surface area (Å²) in [5, 5.41) is 9.06. The van der Waals surface area contributed by atoms with Gasteiger partial charge in [0.15, 0.2) is 0 Å². The van der Waals surface area contributed by atoms with Crippen LogP contribution in [0.4, 0.5) is 0 Å². The molecule has 0 aromatic rings. The number of carbonyl (C=O) groups is 2. The van der Waals surface area contributed by atoms with Gasteiger partial charge in [0.05, 0.1) is 6.42 Å². The molecule has 0 aromatic carbocycles. The Bertz CT molecular complexity index is 373. The number of unbranched alkanes of at least 4 members (excludes halogenated alkanes) is 2. The van der Waals surface area contributed by atoms with E-state index in [1.54, 1.807) is 6.08 Å². The number of carboxylic acid groups (broad SMARTS) is 1. The van der Waals surface area contributed by atoms with Gasteiger partial charge in [-0.25, -0.2) is 4.79 Å². The van der Waals surface area contributed by atoms with E-state index in [0.717, 1.165) is 56.7 Å². The highest BCUT2D eigenvalue weighted by atomic mass is 28.4. The molecule has 0 heterocycles. The van der Waals surface area contributed by atoms with Crippen molar-refractivity contribution in [3.05, 3.63) is 11.6 Å². The first-order valence-electron chi connectivity index (χ1n) is 9.08. The maximum atomic E-state index is 12.6. The number of aliphatic carboxylic acids is 1. The molecule has 134 valence electrons. The Morgan fingerprint density at radius 2 is 1.48 bits per heavy atom. The number of allylic oxidation sites excluding steroid dienone is 1. The van der Waals surface area contributed by atoms with E-state index in [4.69, 9.17) is 9.53 Å². The quantitative estimate of drug-likeness (QED) is 0.280. The summed E-state index contributed by atoms with van der Waals surface area (Å²) < 4.78 is 6.02. The van der Waals surface area contributed by atoms with Crippen molar-refractivity contribution in [1.82, 2.24) is 0 Å². The van der Waals surface area contributed by atoms with Crippen molar-refractivity contribution in [3.8, 4) is 0 Å². The minimum absolute atomic E-state index is 0.239. The van der Waals surface area contributed by atoms with Gasteiger partial charge in [0.1, 0.15) is 0 Å². The lowest BCUT2D eigenvalue weighted by Crippen LogP contribution is -2.40. The molecule has 0 rings (SSSR count). The molecule has 0 spiro atoms. The maximum Gasteiger partial charge on any atom is 0.320 e. The van der Waals surface area contributed by atoms with Crippen molar-refractivity contribution < 1.29 is 19.1 Å². The van der Waals surface area contributed by atoms with E-state index in [9.17, 15) is 9.59 Å². The minimum atomic E-state index is -2.10. The molecule has 0 fully saturated rings. The predicted octanol–water partition coefficient (Wildman–Crippen LogP) is 5.30. The van der Waals surface area contributed by atoms with Gasteiger partial charge in [-0.2, -0.15) is 0 Å². The largest absolute Gasteiger partial charge is 0.516 e. The lowest BCUT2D eigenvalue weighted by atomic mass is 10.1. The molecule has 0 atom stereocenters. The van der Waals surface area contributed by atoms with Gasteiger partial charge >= 0.3 is 11.9 Å². The van der Waals surface area contributed by atoms with Crippen molar-refractivity contribution in [2.75, 3.05) is 0 Å². The zero-order valence-electron chi connectivity index (χ0n) is 15.3. The summed E-state index contributed by atoms with van der Waals surface area (Å²) in [5.41, 5.74) is 0.325. The van der Waals surface area contributed by atoms with E-state index in [-0.39, 0.29) is 12.4 Å². The van der Waals surface area contributed by atoms with Gasteiger partial charge < -0.3 is 9.53 Å². The summed E-state index contributed by atoms with van der Waals surface area (Å²) in [6, 6.07) is 2.90. The van der Waals surface area contributed by atoms with Gasteiger partial charge in [0, 0.05) is 5.57 Å². The smallest absolute Gasteiger partial charge is 0.320 e. The van der Waals surface area contributed by atoms with E-state index < -0.39 is 14.3 Å². The van der Waals surface area contributed by atoms with Crippen molar-refractivity contribution in [1.29, 1.82) is 0 Å². The van der Waals surface area contributed by atoms with Gasteiger partial charge in [0.2, 0.25) is 0 Å². The van der Waals surface area contributed by atoms with Crippen LogP contribution in [0.5, 0.6) is 0 Å². The average Bonchev–Trinajstić information content (AvgIpc) is 2.46. The fourth-order valence-corrected chi connectivity index (χ4v) is 7.34. The van der Waals surface area contributed by atoms with Crippen LogP contribution in [0.1, 0.15) is 72.6 Å². The highest BCUT2D eigenvalue weighted by Gasteiger charge is 2.36. The van der Waals surface area contributed by atoms with Gasteiger partial charge in [0.25, 0.3) is 8.32 Å². The first kappa shape index (κ1) is 21.9. The molecular weight excluding hydrogens is 308 g/mol. The number of hydrogen-bond acceptors (Lipinski definition) is 3. The second-order valence-electron chi connectivity index (χ2n) is 6.26. The molecular formula is C18H34O4Si. The Balaban J connectivity index is 5.19. The summed E-state index contributed by atoms with van der Waals surface area (Å²) >= 11 is 0. The summed E-state index contributed by atoms with van der Waals surface area (Å²) in [6.07, 6.45) is 7.26. The van der Waals surface area contributed by atoms with E-state index >= 15 is 0 Å². The molecule has 5 heteroatoms. The Morgan fingerprint density at radius 3 is 1.87 bits per heavy atom. The van der Waals surface area contributed by atoms with E-state index in [1.807, 2.05) is 0 Å². The summed E-state index contributed by atoms with van der Waals surface area (Å²) in [4.78, 5) is 23.6. The Hall–Kier alpha value is -1.10. The average molecular weight is 343 g/mol. The SMILES string of the molecule is CCCCC=C(CC(=O)O)C(=O)O[Si](CCC)(CCC)CCC. The van der Waals surface area contributed by atoms with Crippen LogP contribution in [0, 0.1) is 0 Å². The van der Waals surface area contributed by atoms with E-state index in [0.29, 0.717) is 5.57 Å². The lowest BCUT2D eigenvalue weighted by molar-refractivity contribution is -0.139. The highest BCUT2D eigenvalue weighted by Crippen LogP contribution is 2.29. The molecule has 0 aliphatic rings. The van der Waals surface area contributed by atoms with Crippen molar-refractivity contribution >= 4 is 20.3 Å². The third-order valence-electron chi connectivity index (χ3n) is 3.98. The number of carbonyl (C=O) groups excluding carboxylic acids is 1. The normalized spacial score (nSPS) is 12.3. The molecule has 0 aliphatic heterocycles. The van der Waals surface area contributed by atoms with Crippen LogP contribution in [-0.2, 0) is 14.0 Å². The molecule has 4 nitrogen and oxygen atoms in total. The molecule has 0 aliphatic carbocycles. The number of rotatable bonds is 13. The van der Waals surface area contributed by atoms with Crippen LogP contribution in [0.25, 0.3) is 0 Å². The van der Waals surface area contributed by atoms with Crippen LogP contribution in [0.3, 0.4) is 0 Å². The molecule has 1 N–H and O–H groups in total. The first-order valence-corrected chi connectivity index (χ1v) is 11.6. The van der Waals surface area contributed by atoms with Gasteiger partial charge in [-0.3, -0.25) is 4.79 Å². The Kier molecular flexibility index (Phi) is 11.7. The third kappa shape index (κ3) is 8.94. The van der Waals surface area contributed by atoms with E-state index in [1.165, 1.54) is 0 Å². The van der Waals surface area contributed by atoms with Crippen molar-refractivity contribution in [2.24, 2.45) is 0 Å². The predicted molar refractivity (Wildman–Crippen MR) is 97.0 cm³/mol. The molecule has 23 heavy (non-hydrogen) atoms. The minimum Gasteiger partial charge on any atom is -0.516 e. The van der Waals surface area contributed by atoms with Gasteiger partial charge in [-0.15, -0.1) is 0 Å². The number of carboxylic acids is 1. The van der Waals surface area contributed by atoms with Crippen LogP contribution in [0.15, 0.2) is 11.6 Å². The van der Waals surface area contributed by atoms with Crippen LogP contribution >= 0.6 is 0 Å². The molecule has 0 saturated carbocycles. The van der Waals surface area contributed by atoms with E-state index in [2.05, 4.69) is 27.7 Å². The topological polar surface area (TPSA) is 63.6 Å². The van der Waals surface area contributed by atoms with Crippen LogP contribution in [0.2, 0.25) is 18.1 Å². The molecule has 0 bridgehead atoms. The third-order valence-corrected chi connectivity index (χ3v) is 8.83. The summed E-state index contributed by atoms with van der Waals surface area (Å²) in [7, 11) is -2.10. The Morgan fingerprint density at radius 1 is 0.957 bits per heavy atom. The highest BCUT2D eigenvalue weighted by molar-refractivity contribution is 6.75. The summed E-state index contributed by atoms with van der Waals surface area (Å²) in [6.45, 7) is 8.44. The van der Waals surface area contributed by atoms with Crippen LogP contribution < -0.4 is 0 Å². The second kappa shape index (κ2) is 12.3. The molecule has 0 amide bonds. The zero-order chi connectivity index (χ0) is 17.7. The lowest BCUT2D eigenvalue weighted by Gasteiger charge is -2.31. The van der Waals surface area contributed by atoms with Gasteiger partial charge in [-0.1, -0.05) is 65.9 Å². The van der Waals surface area contributed by atoms with Gasteiger partial charge in [-0.05, 0) is 24.6 Å². The molecule has 0 unspecified atom stereocenters. The molecule has 0 saturated heterocycles. The molecule has 0 aromatic heterocycles. The fraction of sp³-hybridized carbons (Fsp3) is 0.778. The fourth-order valence-electron chi connectivity index (χ4n) is 3.03. The summed E-state index contributed by atoms with van der Waals surface area (Å²) in [5.74, 6) is -1.36. The second-order valence-corrected chi connectivity index (χ2v) is 10.3. The standard InChI is InChI=1S/C18H34O4Si/c1-5-9-10-11-16(15-17(19)20)18(21)22-23(12-6-2,13-7-3)14-8-4/h11H,5-10,12-15H2,1-4H3,(H,19,20). The van der Waals surface area contributed by atoms with Crippen LogP contribution in [-0.4, -0.2) is 25.4 Å². The first-order chi connectivity index (χ1) is 10.9. The molecule has 0 radical (unpaired) electrons. The monoisotopic (exact) mass is 342 g/mol. The maximum absolute atomic E-state index is 12.6. The Labute approximate surface area is 142 Å². The zero-order valence-corrected chi connectivity index (χ0v) is 16.3. The van der Waals surface area contributed by atoms with Crippen molar-refractivity contribution in [2.45, 2.75) is 90.8 Å².